The lowest BCUT2D eigenvalue weighted by molar-refractivity contribution is 0.102. The Balaban J connectivity index is 1.75. The Bertz CT molecular complexity index is 1230. The van der Waals surface area contributed by atoms with Crippen molar-refractivity contribution >= 4 is 40.2 Å². The average Bonchev–Trinajstić information content (AvgIpc) is 2.73. The molecule has 5 nitrogen and oxygen atoms in total. The zero-order valence-electron chi connectivity index (χ0n) is 14.6. The molecular formula is C21H14ClN3O2S. The summed E-state index contributed by atoms with van der Waals surface area (Å²) in [6, 6.07) is 19.5. The van der Waals surface area contributed by atoms with Gasteiger partial charge < -0.3 is 0 Å². The van der Waals surface area contributed by atoms with Crippen molar-refractivity contribution in [2.75, 3.05) is 5.75 Å². The summed E-state index contributed by atoms with van der Waals surface area (Å²) in [4.78, 5) is 34.4. The number of hydrogen-bond donors (Lipinski definition) is 0. The van der Waals surface area contributed by atoms with Crippen LogP contribution in [0.25, 0.3) is 16.7 Å². The van der Waals surface area contributed by atoms with E-state index in [2.05, 4.69) is 9.97 Å². The first-order valence-corrected chi connectivity index (χ1v) is 9.84. The molecule has 0 atom stereocenters. The van der Waals surface area contributed by atoms with E-state index in [1.165, 1.54) is 16.3 Å². The summed E-state index contributed by atoms with van der Waals surface area (Å²) in [6.07, 6.45) is 1.57. The SMILES string of the molecule is O=C(CSc1nc2cccnc2c(=O)n1-c1ccccc1)c1cccc(Cl)c1. The summed E-state index contributed by atoms with van der Waals surface area (Å²) in [7, 11) is 0. The normalized spacial score (nSPS) is 10.9. The van der Waals surface area contributed by atoms with Crippen molar-refractivity contribution < 1.29 is 4.79 Å². The predicted molar refractivity (Wildman–Crippen MR) is 112 cm³/mol. The number of nitrogens with zero attached hydrogens (tertiary/aromatic N) is 3. The summed E-state index contributed by atoms with van der Waals surface area (Å²) in [6.45, 7) is 0. The van der Waals surface area contributed by atoms with Crippen LogP contribution in [0.2, 0.25) is 5.02 Å². The van der Waals surface area contributed by atoms with E-state index in [-0.39, 0.29) is 22.6 Å². The number of carbonyl (C=O) groups is 1. The first kappa shape index (κ1) is 18.4. The molecule has 2 aromatic carbocycles. The second-order valence-electron chi connectivity index (χ2n) is 5.96. The zero-order valence-corrected chi connectivity index (χ0v) is 16.2. The smallest absolute Gasteiger partial charge is 0.285 e. The van der Waals surface area contributed by atoms with Crippen molar-refractivity contribution in [1.29, 1.82) is 0 Å². The molecule has 0 spiro atoms. The van der Waals surface area contributed by atoms with Gasteiger partial charge in [0.15, 0.2) is 16.5 Å². The van der Waals surface area contributed by atoms with Gasteiger partial charge >= 0.3 is 0 Å². The number of fused-ring (bicyclic) bond motifs is 1. The molecule has 0 N–H and O–H groups in total. The summed E-state index contributed by atoms with van der Waals surface area (Å²) >= 11 is 7.18. The molecule has 0 aliphatic heterocycles. The molecule has 2 heterocycles. The van der Waals surface area contributed by atoms with Crippen LogP contribution in [0, 0.1) is 0 Å². The number of pyridine rings is 1. The molecule has 28 heavy (non-hydrogen) atoms. The van der Waals surface area contributed by atoms with Crippen LogP contribution in [0.4, 0.5) is 0 Å². The quantitative estimate of drug-likeness (QED) is 0.278. The number of rotatable bonds is 5. The summed E-state index contributed by atoms with van der Waals surface area (Å²) in [5, 5.41) is 0.944. The number of thioether (sulfide) groups is 1. The minimum absolute atomic E-state index is 0.0901. The molecule has 0 saturated heterocycles. The number of ketones is 1. The van der Waals surface area contributed by atoms with Crippen LogP contribution in [0.3, 0.4) is 0 Å². The lowest BCUT2D eigenvalue weighted by atomic mass is 10.1. The molecule has 0 fully saturated rings. The Morgan fingerprint density at radius 2 is 1.86 bits per heavy atom. The van der Waals surface area contributed by atoms with Crippen molar-refractivity contribution in [2.45, 2.75) is 5.16 Å². The fraction of sp³-hybridized carbons (Fsp3) is 0.0476. The van der Waals surface area contributed by atoms with Gasteiger partial charge in [-0.1, -0.05) is 53.7 Å². The van der Waals surface area contributed by atoms with E-state index in [1.807, 2.05) is 30.3 Å². The average molecular weight is 408 g/mol. The minimum Gasteiger partial charge on any atom is -0.293 e. The zero-order chi connectivity index (χ0) is 19.5. The number of para-hydroxylation sites is 1. The molecule has 4 rings (SSSR count). The second-order valence-corrected chi connectivity index (χ2v) is 7.34. The van der Waals surface area contributed by atoms with Gasteiger partial charge in [0.25, 0.3) is 5.56 Å². The lowest BCUT2D eigenvalue weighted by Gasteiger charge is -2.12. The monoisotopic (exact) mass is 407 g/mol. The molecule has 0 bridgehead atoms. The Hall–Kier alpha value is -2.96. The second kappa shape index (κ2) is 7.96. The van der Waals surface area contributed by atoms with Crippen molar-refractivity contribution in [2.24, 2.45) is 0 Å². The van der Waals surface area contributed by atoms with Gasteiger partial charge in [0.05, 0.1) is 17.0 Å². The van der Waals surface area contributed by atoms with Gasteiger partial charge in [-0.25, -0.2) is 9.97 Å². The summed E-state index contributed by atoms with van der Waals surface area (Å²) < 4.78 is 1.49. The number of benzene rings is 2. The highest BCUT2D eigenvalue weighted by atomic mass is 35.5. The van der Waals surface area contributed by atoms with Crippen LogP contribution < -0.4 is 5.56 Å². The number of halogens is 1. The van der Waals surface area contributed by atoms with Crippen molar-refractivity contribution in [3.8, 4) is 5.69 Å². The van der Waals surface area contributed by atoms with E-state index in [1.54, 1.807) is 42.6 Å². The third-order valence-corrected chi connectivity index (χ3v) is 5.27. The standard InChI is InChI=1S/C21H14ClN3O2S/c22-15-7-4-6-14(12-15)18(26)13-28-21-24-17-10-5-11-23-19(17)20(27)25(21)16-8-2-1-3-9-16/h1-12H,13H2. The third kappa shape index (κ3) is 3.69. The van der Waals surface area contributed by atoms with Crippen molar-refractivity contribution in [3.63, 3.8) is 0 Å². The number of hydrogen-bond acceptors (Lipinski definition) is 5. The summed E-state index contributed by atoms with van der Waals surface area (Å²) in [5.41, 5.74) is 1.71. The molecule has 0 unspecified atom stereocenters. The van der Waals surface area contributed by atoms with E-state index in [0.717, 1.165) is 0 Å². The molecule has 0 aliphatic rings. The first-order chi connectivity index (χ1) is 13.6. The molecular weight excluding hydrogens is 394 g/mol. The molecule has 0 saturated carbocycles. The van der Waals surface area contributed by atoms with E-state index in [0.29, 0.717) is 26.9 Å². The fourth-order valence-electron chi connectivity index (χ4n) is 2.77. The highest BCUT2D eigenvalue weighted by molar-refractivity contribution is 7.99. The van der Waals surface area contributed by atoms with E-state index < -0.39 is 0 Å². The summed E-state index contributed by atoms with van der Waals surface area (Å²) in [5.74, 6) is 0.0402. The number of Topliss-reactive ketones (excluding diaryl/α,β-unsaturated/α-hetero) is 1. The van der Waals surface area contributed by atoms with Crippen LogP contribution in [0.5, 0.6) is 0 Å². The molecule has 138 valence electrons. The van der Waals surface area contributed by atoms with E-state index in [4.69, 9.17) is 11.6 Å². The Kier molecular flexibility index (Phi) is 5.23. The van der Waals surface area contributed by atoms with Gasteiger partial charge in [0, 0.05) is 16.8 Å². The third-order valence-electron chi connectivity index (χ3n) is 4.09. The van der Waals surface area contributed by atoms with Gasteiger partial charge in [-0.3, -0.25) is 14.2 Å². The lowest BCUT2D eigenvalue weighted by Crippen LogP contribution is -2.23. The van der Waals surface area contributed by atoms with Crippen LogP contribution in [0.1, 0.15) is 10.4 Å². The predicted octanol–water partition coefficient (Wildman–Crippen LogP) is 4.41. The van der Waals surface area contributed by atoms with Gasteiger partial charge in [-0.05, 0) is 36.4 Å². The van der Waals surface area contributed by atoms with Crippen LogP contribution in [-0.2, 0) is 0 Å². The number of aromatic nitrogens is 3. The highest BCUT2D eigenvalue weighted by Crippen LogP contribution is 2.22. The van der Waals surface area contributed by atoms with Crippen LogP contribution >= 0.6 is 23.4 Å². The van der Waals surface area contributed by atoms with Gasteiger partial charge in [-0.15, -0.1) is 0 Å². The Morgan fingerprint density at radius 1 is 1.04 bits per heavy atom. The molecule has 0 amide bonds. The maximum atomic E-state index is 13.1. The van der Waals surface area contributed by atoms with Crippen LogP contribution in [-0.4, -0.2) is 26.1 Å². The van der Waals surface area contributed by atoms with Gasteiger partial charge in [0.1, 0.15) is 0 Å². The maximum Gasteiger partial charge on any atom is 0.285 e. The van der Waals surface area contributed by atoms with Gasteiger partial charge in [-0.2, -0.15) is 0 Å². The molecule has 0 radical (unpaired) electrons. The largest absolute Gasteiger partial charge is 0.293 e. The van der Waals surface area contributed by atoms with Crippen molar-refractivity contribution in [3.05, 3.63) is 93.9 Å². The Morgan fingerprint density at radius 3 is 2.64 bits per heavy atom. The van der Waals surface area contributed by atoms with Gasteiger partial charge in [0.2, 0.25) is 0 Å². The first-order valence-electron chi connectivity index (χ1n) is 8.48. The molecule has 7 heteroatoms. The number of carbonyl (C=O) groups excluding carboxylic acids is 1. The van der Waals surface area contributed by atoms with Crippen LogP contribution in [0.15, 0.2) is 82.9 Å². The Labute approximate surface area is 170 Å². The molecule has 0 aliphatic carbocycles. The van der Waals surface area contributed by atoms with E-state index in [9.17, 15) is 9.59 Å². The highest BCUT2D eigenvalue weighted by Gasteiger charge is 2.16. The van der Waals surface area contributed by atoms with Crippen molar-refractivity contribution in [1.82, 2.24) is 14.5 Å². The minimum atomic E-state index is -0.269. The fourth-order valence-corrected chi connectivity index (χ4v) is 3.87. The topological polar surface area (TPSA) is 64.8 Å². The maximum absolute atomic E-state index is 13.1. The molecule has 4 aromatic rings. The van der Waals surface area contributed by atoms with E-state index >= 15 is 0 Å². The molecule has 2 aromatic heterocycles.